The van der Waals surface area contributed by atoms with Crippen LogP contribution < -0.4 is 4.74 Å². The van der Waals surface area contributed by atoms with Crippen LogP contribution in [0.5, 0.6) is 5.75 Å². The molecule has 0 bridgehead atoms. The molecule has 0 aromatic heterocycles. The van der Waals surface area contributed by atoms with Crippen molar-refractivity contribution in [2.45, 2.75) is 117 Å². The molecule has 8 heteroatoms. The van der Waals surface area contributed by atoms with E-state index >= 15 is 4.39 Å². The van der Waals surface area contributed by atoms with Crippen molar-refractivity contribution in [2.75, 3.05) is 33.0 Å². The fourth-order valence-corrected chi connectivity index (χ4v) is 6.76. The number of ether oxygens (including phenoxy) is 3. The number of halogens is 1. The second-order valence-electron chi connectivity index (χ2n) is 14.6. The van der Waals surface area contributed by atoms with Gasteiger partial charge in [0.2, 0.25) is 0 Å². The van der Waals surface area contributed by atoms with Crippen LogP contribution in [0.3, 0.4) is 0 Å². The molecule has 1 fully saturated rings. The SMILES string of the molecule is C=C(C)C(=O)OCCCc1cc(-c2ccc(C3CCC(CCCCCCC)CC3)cc2F)c(CC)cc1OCC(CO)(CO)COC(=O)C(=C)C. The molecule has 7 nitrogen and oxygen atoms in total. The normalized spacial score (nSPS) is 16.1. The van der Waals surface area contributed by atoms with Crippen molar-refractivity contribution >= 4 is 11.9 Å². The number of aliphatic hydroxyl groups excluding tert-OH is 2. The van der Waals surface area contributed by atoms with E-state index in [2.05, 4.69) is 26.1 Å². The first-order chi connectivity index (χ1) is 24.5. The van der Waals surface area contributed by atoms with E-state index < -0.39 is 30.6 Å². The molecule has 51 heavy (non-hydrogen) atoms. The van der Waals surface area contributed by atoms with Crippen LogP contribution >= 0.6 is 0 Å². The van der Waals surface area contributed by atoms with E-state index in [0.29, 0.717) is 42.1 Å². The Morgan fingerprint density at radius 3 is 2.10 bits per heavy atom. The average molecular weight is 709 g/mol. The smallest absolute Gasteiger partial charge is 0.333 e. The second-order valence-corrected chi connectivity index (χ2v) is 14.6. The van der Waals surface area contributed by atoms with Gasteiger partial charge < -0.3 is 24.4 Å². The predicted molar refractivity (Wildman–Crippen MR) is 201 cm³/mol. The molecule has 0 saturated heterocycles. The van der Waals surface area contributed by atoms with Crippen LogP contribution in [0.4, 0.5) is 4.39 Å². The van der Waals surface area contributed by atoms with Gasteiger partial charge in [-0.25, -0.2) is 14.0 Å². The standard InChI is InChI=1S/C43H61FO7/c1-7-9-10-11-12-14-32-16-18-34(19-17-32)35-20-21-37(39(44)24-35)38-23-36(15-13-22-49-41(47)30(3)4)40(25-33(38)8-2)50-28-43(26-45,27-46)29-51-42(48)31(5)6/h20-21,23-25,32,34,45-46H,3,5,7-19,22,26-29H2,1-2,4,6H3. The zero-order valence-electron chi connectivity index (χ0n) is 31.5. The quantitative estimate of drug-likeness (QED) is 0.0715. The lowest BCUT2D eigenvalue weighted by Crippen LogP contribution is -2.41. The highest BCUT2D eigenvalue weighted by molar-refractivity contribution is 5.87. The minimum atomic E-state index is -1.26. The first-order valence-electron chi connectivity index (χ1n) is 18.9. The van der Waals surface area contributed by atoms with Crippen LogP contribution in [0.1, 0.15) is 121 Å². The summed E-state index contributed by atoms with van der Waals surface area (Å²) >= 11 is 0. The first-order valence-corrected chi connectivity index (χ1v) is 18.9. The monoisotopic (exact) mass is 708 g/mol. The average Bonchev–Trinajstić information content (AvgIpc) is 3.13. The van der Waals surface area contributed by atoms with E-state index in [0.717, 1.165) is 41.0 Å². The van der Waals surface area contributed by atoms with E-state index in [1.165, 1.54) is 58.3 Å². The molecular formula is C43H61FO7. The Bertz CT molecular complexity index is 1450. The number of hydrogen-bond donors (Lipinski definition) is 2. The number of carbonyl (C=O) groups is 2. The fourth-order valence-electron chi connectivity index (χ4n) is 6.76. The molecule has 0 amide bonds. The minimum absolute atomic E-state index is 0.145. The molecule has 3 rings (SSSR count). The number of carbonyl (C=O) groups excluding carboxylic acids is 2. The predicted octanol–water partition coefficient (Wildman–Crippen LogP) is 9.21. The molecule has 1 aliphatic carbocycles. The highest BCUT2D eigenvalue weighted by Gasteiger charge is 2.33. The van der Waals surface area contributed by atoms with E-state index in [4.69, 9.17) is 14.2 Å². The van der Waals surface area contributed by atoms with Gasteiger partial charge in [-0.3, -0.25) is 0 Å². The van der Waals surface area contributed by atoms with Crippen molar-refractivity contribution in [3.63, 3.8) is 0 Å². The molecule has 1 saturated carbocycles. The van der Waals surface area contributed by atoms with Gasteiger partial charge in [-0.05, 0) is 111 Å². The molecular weight excluding hydrogens is 647 g/mol. The third-order valence-corrected chi connectivity index (χ3v) is 10.2. The number of unbranched alkanes of at least 4 members (excludes halogenated alkanes) is 4. The lowest BCUT2D eigenvalue weighted by molar-refractivity contribution is -0.146. The largest absolute Gasteiger partial charge is 0.492 e. The molecule has 2 N–H and O–H groups in total. The van der Waals surface area contributed by atoms with E-state index in [1.807, 2.05) is 25.1 Å². The maximum Gasteiger partial charge on any atom is 0.333 e. The number of aliphatic hydroxyl groups is 2. The maximum atomic E-state index is 16.1. The summed E-state index contributed by atoms with van der Waals surface area (Å²) < 4.78 is 32.9. The Kier molecular flexibility index (Phi) is 17.4. The van der Waals surface area contributed by atoms with Crippen molar-refractivity contribution < 1.29 is 38.4 Å². The van der Waals surface area contributed by atoms with E-state index in [-0.39, 0.29) is 31.2 Å². The number of aryl methyl sites for hydroxylation is 2. The molecule has 0 atom stereocenters. The van der Waals surface area contributed by atoms with Gasteiger partial charge in [0.15, 0.2) is 0 Å². The summed E-state index contributed by atoms with van der Waals surface area (Å²) in [6.07, 6.45) is 14.0. The van der Waals surface area contributed by atoms with Crippen LogP contribution in [0.2, 0.25) is 0 Å². The van der Waals surface area contributed by atoms with Crippen LogP contribution in [-0.2, 0) is 31.9 Å². The van der Waals surface area contributed by atoms with Gasteiger partial charge in [0.25, 0.3) is 0 Å². The molecule has 0 heterocycles. The van der Waals surface area contributed by atoms with Crippen molar-refractivity contribution in [1.82, 2.24) is 0 Å². The van der Waals surface area contributed by atoms with Gasteiger partial charge in [0.1, 0.15) is 24.8 Å². The molecule has 0 spiro atoms. The number of hydrogen-bond acceptors (Lipinski definition) is 7. The number of esters is 2. The third kappa shape index (κ3) is 12.6. The van der Waals surface area contributed by atoms with Crippen LogP contribution in [0.15, 0.2) is 54.6 Å². The molecule has 282 valence electrons. The zero-order valence-corrected chi connectivity index (χ0v) is 31.5. The Morgan fingerprint density at radius 2 is 1.49 bits per heavy atom. The molecule has 0 unspecified atom stereocenters. The number of rotatable bonds is 22. The lowest BCUT2D eigenvalue weighted by atomic mass is 9.76. The van der Waals surface area contributed by atoms with E-state index in [9.17, 15) is 19.8 Å². The minimum Gasteiger partial charge on any atom is -0.492 e. The van der Waals surface area contributed by atoms with Gasteiger partial charge in [0.05, 0.1) is 25.2 Å². The Balaban J connectivity index is 1.83. The summed E-state index contributed by atoms with van der Waals surface area (Å²) in [7, 11) is 0. The van der Waals surface area contributed by atoms with Gasteiger partial charge in [-0.1, -0.05) is 77.7 Å². The summed E-state index contributed by atoms with van der Waals surface area (Å²) in [4.78, 5) is 24.0. The fraction of sp³-hybridized carbons (Fsp3) is 0.581. The van der Waals surface area contributed by atoms with Crippen LogP contribution in [-0.4, -0.2) is 55.2 Å². The van der Waals surface area contributed by atoms with E-state index in [1.54, 1.807) is 13.0 Å². The zero-order chi connectivity index (χ0) is 37.4. The maximum absolute atomic E-state index is 16.1. The molecule has 0 radical (unpaired) electrons. The summed E-state index contributed by atoms with van der Waals surface area (Å²) in [6.45, 7) is 13.3. The summed E-state index contributed by atoms with van der Waals surface area (Å²) in [5.74, 6) is 0.308. The Hall–Kier alpha value is -3.49. The Morgan fingerprint density at radius 1 is 0.824 bits per heavy atom. The summed E-state index contributed by atoms with van der Waals surface area (Å²) in [5.41, 5.74) is 3.23. The molecule has 1 aliphatic rings. The summed E-state index contributed by atoms with van der Waals surface area (Å²) in [5, 5.41) is 20.4. The highest BCUT2D eigenvalue weighted by Crippen LogP contribution is 2.40. The highest BCUT2D eigenvalue weighted by atomic mass is 19.1. The summed E-state index contributed by atoms with van der Waals surface area (Å²) in [6, 6.07) is 9.50. The Labute approximate surface area is 305 Å². The topological polar surface area (TPSA) is 102 Å². The van der Waals surface area contributed by atoms with Gasteiger partial charge in [0, 0.05) is 16.7 Å². The van der Waals surface area contributed by atoms with Crippen LogP contribution in [0, 0.1) is 17.2 Å². The molecule has 2 aromatic carbocycles. The first kappa shape index (κ1) is 41.9. The van der Waals surface area contributed by atoms with Gasteiger partial charge >= 0.3 is 11.9 Å². The number of benzene rings is 2. The van der Waals surface area contributed by atoms with Gasteiger partial charge in [-0.2, -0.15) is 0 Å². The van der Waals surface area contributed by atoms with Crippen molar-refractivity contribution in [3.05, 3.63) is 77.1 Å². The van der Waals surface area contributed by atoms with Gasteiger partial charge in [-0.15, -0.1) is 0 Å². The molecule has 0 aliphatic heterocycles. The second kappa shape index (κ2) is 21.1. The van der Waals surface area contributed by atoms with Crippen molar-refractivity contribution in [2.24, 2.45) is 11.3 Å². The molecule has 2 aromatic rings. The third-order valence-electron chi connectivity index (χ3n) is 10.2. The van der Waals surface area contributed by atoms with Crippen LogP contribution in [0.25, 0.3) is 11.1 Å². The van der Waals surface area contributed by atoms with Crippen molar-refractivity contribution in [3.8, 4) is 16.9 Å². The lowest BCUT2D eigenvalue weighted by Gasteiger charge is -2.30. The van der Waals surface area contributed by atoms with Crippen molar-refractivity contribution in [1.29, 1.82) is 0 Å².